The smallest absolute Gasteiger partial charge is 0.0207 e. The van der Waals surface area contributed by atoms with Gasteiger partial charge >= 0.3 is 0 Å². The van der Waals surface area contributed by atoms with E-state index in [2.05, 4.69) is 40.5 Å². The molecule has 0 spiro atoms. The van der Waals surface area contributed by atoms with Gasteiger partial charge in [-0.25, -0.2) is 0 Å². The number of hydrogen-bond donors (Lipinski definition) is 1. The van der Waals surface area contributed by atoms with Gasteiger partial charge in [0.25, 0.3) is 0 Å². The van der Waals surface area contributed by atoms with Crippen LogP contribution in [0.1, 0.15) is 37.7 Å². The molecule has 110 valence electrons. The summed E-state index contributed by atoms with van der Waals surface area (Å²) in [5.41, 5.74) is 1.47. The average Bonchev–Trinajstić information content (AvgIpc) is 3.21. The van der Waals surface area contributed by atoms with Gasteiger partial charge in [-0.2, -0.15) is 0 Å². The van der Waals surface area contributed by atoms with Gasteiger partial charge in [-0.3, -0.25) is 0 Å². The van der Waals surface area contributed by atoms with Crippen molar-refractivity contribution in [3.8, 4) is 0 Å². The van der Waals surface area contributed by atoms with Crippen LogP contribution in [0.4, 0.5) is 0 Å². The van der Waals surface area contributed by atoms with Gasteiger partial charge in [0.1, 0.15) is 0 Å². The largest absolute Gasteiger partial charge is 0.313 e. The summed E-state index contributed by atoms with van der Waals surface area (Å²) in [5.74, 6) is 1.09. The van der Waals surface area contributed by atoms with Gasteiger partial charge < -0.3 is 10.2 Å². The molecule has 3 rings (SSSR count). The summed E-state index contributed by atoms with van der Waals surface area (Å²) in [6, 6.07) is 11.6. The van der Waals surface area contributed by atoms with Gasteiger partial charge in [0, 0.05) is 19.1 Å². The zero-order valence-electron chi connectivity index (χ0n) is 12.6. The number of benzene rings is 1. The lowest BCUT2D eigenvalue weighted by Gasteiger charge is -2.16. The van der Waals surface area contributed by atoms with E-state index in [9.17, 15) is 0 Å². The zero-order valence-corrected chi connectivity index (χ0v) is 12.6. The van der Waals surface area contributed by atoms with E-state index in [-0.39, 0.29) is 0 Å². The van der Waals surface area contributed by atoms with Crippen LogP contribution in [-0.2, 0) is 6.42 Å². The van der Waals surface area contributed by atoms with Crippen molar-refractivity contribution >= 4 is 0 Å². The molecule has 1 aromatic rings. The first-order chi connectivity index (χ1) is 9.90. The number of likely N-dealkylation sites (tertiary alicyclic amines) is 1. The fraction of sp³-hybridized carbons (Fsp3) is 0.667. The third kappa shape index (κ3) is 4.60. The summed E-state index contributed by atoms with van der Waals surface area (Å²) in [7, 11) is 0. The van der Waals surface area contributed by atoms with Crippen molar-refractivity contribution in [2.24, 2.45) is 5.92 Å². The Kier molecular flexibility index (Phi) is 5.10. The Balaban J connectivity index is 1.28. The minimum atomic E-state index is 0.741. The maximum absolute atomic E-state index is 3.75. The van der Waals surface area contributed by atoms with Gasteiger partial charge in [-0.05, 0) is 50.3 Å². The lowest BCUT2D eigenvalue weighted by atomic mass is 10.1. The summed E-state index contributed by atoms with van der Waals surface area (Å²) in [5, 5.41) is 3.75. The van der Waals surface area contributed by atoms with Crippen molar-refractivity contribution < 1.29 is 0 Å². The van der Waals surface area contributed by atoms with Crippen molar-refractivity contribution in [2.45, 2.75) is 44.6 Å². The van der Waals surface area contributed by atoms with Gasteiger partial charge in [0.2, 0.25) is 0 Å². The molecule has 2 aliphatic rings. The van der Waals surface area contributed by atoms with Crippen molar-refractivity contribution in [1.82, 2.24) is 10.2 Å². The second-order valence-electron chi connectivity index (χ2n) is 6.56. The van der Waals surface area contributed by atoms with Crippen LogP contribution in [0.5, 0.6) is 0 Å². The highest BCUT2D eigenvalue weighted by atomic mass is 15.2. The van der Waals surface area contributed by atoms with E-state index in [1.165, 1.54) is 70.3 Å². The lowest BCUT2D eigenvalue weighted by Crippen LogP contribution is -2.33. The molecular formula is C18H28N2. The van der Waals surface area contributed by atoms with Crippen LogP contribution in [0.2, 0.25) is 0 Å². The first kappa shape index (κ1) is 14.1. The van der Waals surface area contributed by atoms with Crippen LogP contribution in [-0.4, -0.2) is 37.1 Å². The van der Waals surface area contributed by atoms with E-state index in [1.807, 2.05) is 0 Å². The third-order valence-corrected chi connectivity index (χ3v) is 4.75. The van der Waals surface area contributed by atoms with Gasteiger partial charge in [0.05, 0.1) is 0 Å². The van der Waals surface area contributed by atoms with Crippen LogP contribution < -0.4 is 5.32 Å². The molecule has 1 saturated carbocycles. The molecule has 20 heavy (non-hydrogen) atoms. The highest BCUT2D eigenvalue weighted by Gasteiger charge is 2.22. The standard InChI is InChI=1S/C18H28N2/c1-2-5-16(6-3-1)10-13-20-14-11-18(15-20)19-12-4-7-17-8-9-17/h1-3,5-6,17-19H,4,7-15H2. The maximum atomic E-state index is 3.75. The Morgan fingerprint density at radius 1 is 1.10 bits per heavy atom. The van der Waals surface area contributed by atoms with E-state index in [0.717, 1.165) is 12.0 Å². The molecule has 1 aliphatic heterocycles. The Hall–Kier alpha value is -0.860. The van der Waals surface area contributed by atoms with Crippen LogP contribution in [0.25, 0.3) is 0 Å². The van der Waals surface area contributed by atoms with E-state index in [1.54, 1.807) is 0 Å². The van der Waals surface area contributed by atoms with Crippen LogP contribution >= 0.6 is 0 Å². The Labute approximate surface area is 123 Å². The number of nitrogens with one attached hydrogen (secondary N) is 1. The Bertz CT molecular complexity index is 386. The average molecular weight is 272 g/mol. The second kappa shape index (κ2) is 7.24. The van der Waals surface area contributed by atoms with E-state index in [0.29, 0.717) is 0 Å². The molecule has 0 radical (unpaired) electrons. The molecule has 2 heteroatoms. The lowest BCUT2D eigenvalue weighted by molar-refractivity contribution is 0.331. The number of nitrogens with zero attached hydrogens (tertiary/aromatic N) is 1. The molecule has 1 aliphatic carbocycles. The summed E-state index contributed by atoms with van der Waals surface area (Å²) < 4.78 is 0. The number of hydrogen-bond acceptors (Lipinski definition) is 2. The minimum absolute atomic E-state index is 0.741. The Morgan fingerprint density at radius 2 is 1.95 bits per heavy atom. The Morgan fingerprint density at radius 3 is 2.75 bits per heavy atom. The summed E-state index contributed by atoms with van der Waals surface area (Å²) >= 11 is 0. The van der Waals surface area contributed by atoms with Crippen molar-refractivity contribution in [2.75, 3.05) is 26.2 Å². The van der Waals surface area contributed by atoms with Gasteiger partial charge in [-0.1, -0.05) is 43.2 Å². The predicted molar refractivity (Wildman–Crippen MR) is 85.0 cm³/mol. The molecule has 1 unspecified atom stereocenters. The molecule has 2 fully saturated rings. The highest BCUT2D eigenvalue weighted by Crippen LogP contribution is 2.33. The molecule has 1 aromatic carbocycles. The van der Waals surface area contributed by atoms with Gasteiger partial charge in [-0.15, -0.1) is 0 Å². The quantitative estimate of drug-likeness (QED) is 0.732. The molecular weight excluding hydrogens is 244 g/mol. The molecule has 0 bridgehead atoms. The van der Waals surface area contributed by atoms with Gasteiger partial charge in [0.15, 0.2) is 0 Å². The summed E-state index contributed by atoms with van der Waals surface area (Å²) in [4.78, 5) is 2.62. The van der Waals surface area contributed by atoms with E-state index >= 15 is 0 Å². The van der Waals surface area contributed by atoms with E-state index in [4.69, 9.17) is 0 Å². The summed E-state index contributed by atoms with van der Waals surface area (Å²) in [6.07, 6.45) is 8.35. The molecule has 1 N–H and O–H groups in total. The molecule has 0 amide bonds. The molecule has 1 atom stereocenters. The topological polar surface area (TPSA) is 15.3 Å². The van der Waals surface area contributed by atoms with Crippen LogP contribution in [0.15, 0.2) is 30.3 Å². The number of rotatable bonds is 8. The third-order valence-electron chi connectivity index (χ3n) is 4.75. The SMILES string of the molecule is c1ccc(CCN2CCC(NCCCC3CC3)C2)cc1. The summed E-state index contributed by atoms with van der Waals surface area (Å²) in [6.45, 7) is 4.96. The van der Waals surface area contributed by atoms with Crippen molar-refractivity contribution in [3.63, 3.8) is 0 Å². The minimum Gasteiger partial charge on any atom is -0.313 e. The fourth-order valence-corrected chi connectivity index (χ4v) is 3.24. The monoisotopic (exact) mass is 272 g/mol. The molecule has 1 heterocycles. The van der Waals surface area contributed by atoms with Crippen molar-refractivity contribution in [1.29, 1.82) is 0 Å². The molecule has 0 aromatic heterocycles. The second-order valence-corrected chi connectivity index (χ2v) is 6.56. The normalized spacial score (nSPS) is 23.3. The predicted octanol–water partition coefficient (Wildman–Crippen LogP) is 3.08. The first-order valence-corrected chi connectivity index (χ1v) is 8.40. The zero-order chi connectivity index (χ0) is 13.6. The molecule has 2 nitrogen and oxygen atoms in total. The van der Waals surface area contributed by atoms with Crippen molar-refractivity contribution in [3.05, 3.63) is 35.9 Å². The van der Waals surface area contributed by atoms with Crippen LogP contribution in [0, 0.1) is 5.92 Å². The highest BCUT2D eigenvalue weighted by molar-refractivity contribution is 5.14. The first-order valence-electron chi connectivity index (χ1n) is 8.40. The van der Waals surface area contributed by atoms with Crippen LogP contribution in [0.3, 0.4) is 0 Å². The molecule has 1 saturated heterocycles. The van der Waals surface area contributed by atoms with E-state index < -0.39 is 0 Å². The maximum Gasteiger partial charge on any atom is 0.0207 e. The fourth-order valence-electron chi connectivity index (χ4n) is 3.24.